The monoisotopic (exact) mass is 564 g/mol. The number of amides is 3. The lowest BCUT2D eigenvalue weighted by Gasteiger charge is -2.33. The number of methoxy groups -OCH3 is 1. The Morgan fingerprint density at radius 3 is 2.56 bits per heavy atom. The highest BCUT2D eigenvalue weighted by Gasteiger charge is 2.34. The molecule has 0 radical (unpaired) electrons. The molecule has 0 unspecified atom stereocenters. The average Bonchev–Trinajstić information content (AvgIpc) is 3.65. The Hall–Kier alpha value is -4.22. The zero-order valence-corrected chi connectivity index (χ0v) is 23.1. The second-order valence-electron chi connectivity index (χ2n) is 8.57. The number of rotatable bonds is 11. The molecule has 202 valence electrons. The van der Waals surface area contributed by atoms with E-state index in [2.05, 4.69) is 15.6 Å². The number of benzene rings is 2. The summed E-state index contributed by atoms with van der Waals surface area (Å²) < 4.78 is 5.29. The number of aromatic nitrogens is 1. The summed E-state index contributed by atoms with van der Waals surface area (Å²) in [4.78, 5) is 46.6. The second kappa shape index (κ2) is 13.0. The molecule has 1 atom stereocenters. The molecule has 4 rings (SSSR count). The third-order valence-corrected chi connectivity index (χ3v) is 7.50. The molecule has 39 heavy (non-hydrogen) atoms. The predicted octanol–water partition coefficient (Wildman–Crippen LogP) is 5.04. The number of phenols is 1. The third kappa shape index (κ3) is 7.01. The summed E-state index contributed by atoms with van der Waals surface area (Å²) in [6.07, 6.45) is 1.34. The molecule has 0 bridgehead atoms. The van der Waals surface area contributed by atoms with Crippen molar-refractivity contribution in [1.29, 1.82) is 0 Å². The first-order valence-corrected chi connectivity index (χ1v) is 13.9. The molecule has 2 aromatic carbocycles. The standard InChI is InChI=1S/C28H28N4O5S2/c1-18-6-3-4-8-21(18)32(25(35)12-11-24(34)31-28-29-13-15-39-28)26(19-9-10-22(33)23(16-19)37-2)27(36)30-17-20-7-5-14-38-20/h3-10,13-16,26,33H,11-12,17H2,1-2H3,(H,30,36)(H,29,31,34)/t26-/m0/s1. The van der Waals surface area contributed by atoms with Crippen LogP contribution in [-0.4, -0.2) is 34.9 Å². The van der Waals surface area contributed by atoms with Gasteiger partial charge in [0.2, 0.25) is 17.7 Å². The Morgan fingerprint density at radius 2 is 1.87 bits per heavy atom. The van der Waals surface area contributed by atoms with Crippen LogP contribution in [0.3, 0.4) is 0 Å². The van der Waals surface area contributed by atoms with Crippen molar-refractivity contribution in [3.05, 3.63) is 87.6 Å². The van der Waals surface area contributed by atoms with Gasteiger partial charge in [-0.25, -0.2) is 4.98 Å². The summed E-state index contributed by atoms with van der Waals surface area (Å²) in [7, 11) is 1.41. The second-order valence-corrected chi connectivity index (χ2v) is 10.5. The molecule has 0 aliphatic rings. The Bertz CT molecular complexity index is 1420. The van der Waals surface area contributed by atoms with Gasteiger partial charge in [-0.2, -0.15) is 0 Å². The highest BCUT2D eigenvalue weighted by molar-refractivity contribution is 7.13. The van der Waals surface area contributed by atoms with Crippen molar-refractivity contribution < 1.29 is 24.2 Å². The van der Waals surface area contributed by atoms with Crippen molar-refractivity contribution in [2.24, 2.45) is 0 Å². The number of phenolic OH excluding ortho intramolecular Hbond substituents is 1. The van der Waals surface area contributed by atoms with E-state index >= 15 is 0 Å². The SMILES string of the molecule is COc1cc([C@@H](C(=O)NCc2cccs2)N(C(=O)CCC(=O)Nc2nccs2)c2ccccc2C)ccc1O. The minimum Gasteiger partial charge on any atom is -0.504 e. The number of aryl methyl sites for hydroxylation is 1. The van der Waals surface area contributed by atoms with Gasteiger partial charge < -0.3 is 20.5 Å². The molecule has 3 N–H and O–H groups in total. The molecule has 2 aromatic heterocycles. The Balaban J connectivity index is 1.69. The van der Waals surface area contributed by atoms with Crippen molar-refractivity contribution in [2.45, 2.75) is 32.4 Å². The van der Waals surface area contributed by atoms with E-state index in [0.717, 1.165) is 10.4 Å². The Kier molecular flexibility index (Phi) is 9.29. The number of carbonyl (C=O) groups excluding carboxylic acids is 3. The van der Waals surface area contributed by atoms with Crippen LogP contribution >= 0.6 is 22.7 Å². The van der Waals surface area contributed by atoms with Gasteiger partial charge in [-0.1, -0.05) is 30.3 Å². The maximum atomic E-state index is 13.9. The van der Waals surface area contributed by atoms with Crippen LogP contribution in [0.15, 0.2) is 71.6 Å². The first-order chi connectivity index (χ1) is 18.9. The summed E-state index contributed by atoms with van der Waals surface area (Å²) in [5, 5.41) is 19.9. The van der Waals surface area contributed by atoms with E-state index in [1.54, 1.807) is 35.8 Å². The molecule has 4 aromatic rings. The van der Waals surface area contributed by atoms with E-state index in [9.17, 15) is 19.5 Å². The summed E-state index contributed by atoms with van der Waals surface area (Å²) >= 11 is 2.79. The fourth-order valence-electron chi connectivity index (χ4n) is 4.03. The zero-order chi connectivity index (χ0) is 27.8. The lowest BCUT2D eigenvalue weighted by molar-refractivity contribution is -0.127. The van der Waals surface area contributed by atoms with E-state index in [1.807, 2.05) is 36.6 Å². The first-order valence-electron chi connectivity index (χ1n) is 12.1. The highest BCUT2D eigenvalue weighted by Crippen LogP contribution is 2.35. The number of nitrogens with one attached hydrogen (secondary N) is 2. The van der Waals surface area contributed by atoms with E-state index < -0.39 is 17.9 Å². The number of carbonyl (C=O) groups is 3. The lowest BCUT2D eigenvalue weighted by atomic mass is 10.00. The van der Waals surface area contributed by atoms with Gasteiger partial charge in [-0.15, -0.1) is 22.7 Å². The van der Waals surface area contributed by atoms with Gasteiger partial charge in [0.15, 0.2) is 16.6 Å². The van der Waals surface area contributed by atoms with Crippen molar-refractivity contribution in [2.75, 3.05) is 17.3 Å². The Labute approximate surface area is 234 Å². The van der Waals surface area contributed by atoms with Gasteiger partial charge >= 0.3 is 0 Å². The molecule has 3 amide bonds. The number of nitrogens with zero attached hydrogens (tertiary/aromatic N) is 2. The van der Waals surface area contributed by atoms with Crippen molar-refractivity contribution in [1.82, 2.24) is 10.3 Å². The van der Waals surface area contributed by atoms with E-state index in [0.29, 0.717) is 16.4 Å². The highest BCUT2D eigenvalue weighted by atomic mass is 32.1. The van der Waals surface area contributed by atoms with E-state index in [-0.39, 0.29) is 36.8 Å². The topological polar surface area (TPSA) is 121 Å². The number of hydrogen-bond acceptors (Lipinski definition) is 8. The minimum absolute atomic E-state index is 0.0911. The molecule has 9 nitrogen and oxygen atoms in total. The maximum absolute atomic E-state index is 13.9. The molecular formula is C28H28N4O5S2. The number of ether oxygens (including phenoxy) is 1. The predicted molar refractivity (Wildman–Crippen MR) is 152 cm³/mol. The zero-order valence-electron chi connectivity index (χ0n) is 21.4. The van der Waals surface area contributed by atoms with Gasteiger partial charge in [0.25, 0.3) is 0 Å². The third-order valence-electron chi connectivity index (χ3n) is 5.93. The number of para-hydroxylation sites is 1. The largest absolute Gasteiger partial charge is 0.504 e. The first kappa shape index (κ1) is 27.8. The summed E-state index contributed by atoms with van der Waals surface area (Å²) in [6, 6.07) is 14.5. The Morgan fingerprint density at radius 1 is 1.05 bits per heavy atom. The van der Waals surface area contributed by atoms with E-state index in [1.165, 1.54) is 40.7 Å². The maximum Gasteiger partial charge on any atom is 0.248 e. The normalized spacial score (nSPS) is 11.4. The quantitative estimate of drug-likeness (QED) is 0.235. The van der Waals surface area contributed by atoms with Crippen molar-refractivity contribution >= 4 is 51.2 Å². The lowest BCUT2D eigenvalue weighted by Crippen LogP contribution is -2.44. The number of hydrogen-bond donors (Lipinski definition) is 3. The van der Waals surface area contributed by atoms with Crippen LogP contribution in [0.1, 0.15) is 34.9 Å². The molecule has 0 aliphatic carbocycles. The molecule has 0 spiro atoms. The van der Waals surface area contributed by atoms with Crippen LogP contribution in [-0.2, 0) is 20.9 Å². The van der Waals surface area contributed by atoms with E-state index in [4.69, 9.17) is 4.74 Å². The summed E-state index contributed by atoms with van der Waals surface area (Å²) in [6.45, 7) is 2.14. The number of thiophene rings is 1. The van der Waals surface area contributed by atoms with Crippen LogP contribution in [0.4, 0.5) is 10.8 Å². The molecule has 0 saturated carbocycles. The number of thiazole rings is 1. The van der Waals surface area contributed by atoms with Crippen LogP contribution in [0, 0.1) is 6.92 Å². The van der Waals surface area contributed by atoms with Gasteiger partial charge in [0.05, 0.1) is 13.7 Å². The molecule has 11 heteroatoms. The molecular weight excluding hydrogens is 536 g/mol. The average molecular weight is 565 g/mol. The smallest absolute Gasteiger partial charge is 0.248 e. The van der Waals surface area contributed by atoms with Gasteiger partial charge in [0.1, 0.15) is 6.04 Å². The van der Waals surface area contributed by atoms with Crippen LogP contribution in [0.5, 0.6) is 11.5 Å². The fraction of sp³-hybridized carbons (Fsp3) is 0.214. The molecule has 0 saturated heterocycles. The minimum atomic E-state index is -1.10. The van der Waals surface area contributed by atoms with Crippen molar-refractivity contribution in [3.63, 3.8) is 0 Å². The van der Waals surface area contributed by atoms with Gasteiger partial charge in [-0.3, -0.25) is 19.3 Å². The number of anilines is 2. The fourth-order valence-corrected chi connectivity index (χ4v) is 5.21. The summed E-state index contributed by atoms with van der Waals surface area (Å²) in [5.41, 5.74) is 1.75. The van der Waals surface area contributed by atoms with Crippen molar-refractivity contribution in [3.8, 4) is 11.5 Å². The van der Waals surface area contributed by atoms with Crippen LogP contribution in [0.2, 0.25) is 0 Å². The summed E-state index contributed by atoms with van der Waals surface area (Å²) in [5.74, 6) is -1.11. The van der Waals surface area contributed by atoms with Crippen LogP contribution < -0.4 is 20.3 Å². The van der Waals surface area contributed by atoms with Gasteiger partial charge in [0, 0.05) is 35.0 Å². The molecule has 0 fully saturated rings. The van der Waals surface area contributed by atoms with Gasteiger partial charge in [-0.05, 0) is 47.7 Å². The molecule has 2 heterocycles. The van der Waals surface area contributed by atoms with Crippen LogP contribution in [0.25, 0.3) is 0 Å². The molecule has 0 aliphatic heterocycles. The number of aromatic hydroxyl groups is 1.